The lowest BCUT2D eigenvalue weighted by Gasteiger charge is -2.26. The molecule has 5 nitrogen and oxygen atoms in total. The largest absolute Gasteiger partial charge is 0.393 e. The first-order chi connectivity index (χ1) is 10.4. The van der Waals surface area contributed by atoms with Gasteiger partial charge in [0.25, 0.3) is 0 Å². The second kappa shape index (κ2) is 4.19. The standard InChI is InChI=1S/C16H14ClNO4/c1-15-5-6-16(8-19,22-15)12-11(15)13(20)18(14(12)21)10-4-2-3-9(17)7-10/h2-7,11-12,19H,8H2,1H3/t11-,12+,15+,16+/m1/s1. The van der Waals surface area contributed by atoms with Crippen molar-refractivity contribution in [3.05, 3.63) is 41.4 Å². The van der Waals surface area contributed by atoms with Crippen LogP contribution in [0, 0.1) is 11.8 Å². The number of rotatable bonds is 2. The number of ether oxygens (including phenoxy) is 1. The molecule has 1 aromatic carbocycles. The third-order valence-electron chi connectivity index (χ3n) is 4.87. The molecule has 4 atom stereocenters. The average Bonchev–Trinajstić information content (AvgIpc) is 3.05. The maximum atomic E-state index is 12.8. The van der Waals surface area contributed by atoms with Gasteiger partial charge in [0, 0.05) is 5.02 Å². The normalized spacial score (nSPS) is 39.0. The zero-order valence-electron chi connectivity index (χ0n) is 11.8. The maximum Gasteiger partial charge on any atom is 0.241 e. The van der Waals surface area contributed by atoms with Gasteiger partial charge in [0.05, 0.1) is 29.7 Å². The van der Waals surface area contributed by atoms with Crippen molar-refractivity contribution in [3.63, 3.8) is 0 Å². The highest BCUT2D eigenvalue weighted by molar-refractivity contribution is 6.31. The van der Waals surface area contributed by atoms with Crippen LogP contribution in [0.25, 0.3) is 0 Å². The summed E-state index contributed by atoms with van der Waals surface area (Å²) in [7, 11) is 0. The number of halogens is 1. The molecule has 114 valence electrons. The van der Waals surface area contributed by atoms with Crippen LogP contribution in [-0.2, 0) is 14.3 Å². The van der Waals surface area contributed by atoms with E-state index in [1.54, 1.807) is 43.3 Å². The Kier molecular flexibility index (Phi) is 2.65. The molecular weight excluding hydrogens is 306 g/mol. The Labute approximate surface area is 132 Å². The van der Waals surface area contributed by atoms with Crippen molar-refractivity contribution in [2.24, 2.45) is 11.8 Å². The smallest absolute Gasteiger partial charge is 0.241 e. The number of carbonyl (C=O) groups is 2. The number of aliphatic hydroxyl groups is 1. The summed E-state index contributed by atoms with van der Waals surface area (Å²) in [6.07, 6.45) is 3.48. The Morgan fingerprint density at radius 3 is 2.68 bits per heavy atom. The number of fused-ring (bicyclic) bond motifs is 5. The van der Waals surface area contributed by atoms with E-state index in [1.165, 1.54) is 4.90 Å². The Hall–Kier alpha value is -1.69. The number of aliphatic hydroxyl groups excluding tert-OH is 1. The van der Waals surface area contributed by atoms with Crippen LogP contribution < -0.4 is 4.90 Å². The number of amides is 2. The summed E-state index contributed by atoms with van der Waals surface area (Å²) >= 11 is 5.96. The van der Waals surface area contributed by atoms with Crippen molar-refractivity contribution in [2.45, 2.75) is 18.1 Å². The molecule has 3 aliphatic rings. The summed E-state index contributed by atoms with van der Waals surface area (Å²) in [5.41, 5.74) is -1.50. The number of carbonyl (C=O) groups excluding carboxylic acids is 2. The molecule has 0 radical (unpaired) electrons. The fourth-order valence-electron chi connectivity index (χ4n) is 3.91. The molecule has 4 rings (SSSR count). The van der Waals surface area contributed by atoms with Crippen molar-refractivity contribution in [1.29, 1.82) is 0 Å². The Morgan fingerprint density at radius 1 is 1.27 bits per heavy atom. The van der Waals surface area contributed by atoms with Crippen LogP contribution >= 0.6 is 11.6 Å². The van der Waals surface area contributed by atoms with Crippen molar-refractivity contribution in [2.75, 3.05) is 11.5 Å². The lowest BCUT2D eigenvalue weighted by atomic mass is 9.73. The lowest BCUT2D eigenvalue weighted by Crippen LogP contribution is -2.43. The Bertz CT molecular complexity index is 733. The molecule has 1 N–H and O–H groups in total. The monoisotopic (exact) mass is 319 g/mol. The van der Waals surface area contributed by atoms with Gasteiger partial charge >= 0.3 is 0 Å². The minimum atomic E-state index is -1.10. The molecule has 2 amide bonds. The van der Waals surface area contributed by atoms with Crippen LogP contribution in [0.3, 0.4) is 0 Å². The summed E-state index contributed by atoms with van der Waals surface area (Å²) in [6, 6.07) is 6.64. The molecule has 22 heavy (non-hydrogen) atoms. The summed E-state index contributed by atoms with van der Waals surface area (Å²) in [5.74, 6) is -1.96. The van der Waals surface area contributed by atoms with E-state index in [2.05, 4.69) is 0 Å². The van der Waals surface area contributed by atoms with Crippen LogP contribution in [-0.4, -0.2) is 34.7 Å². The zero-order chi connectivity index (χ0) is 15.7. The molecule has 2 bridgehead atoms. The van der Waals surface area contributed by atoms with Crippen LogP contribution in [0.4, 0.5) is 5.69 Å². The van der Waals surface area contributed by atoms with Gasteiger partial charge in [-0.25, -0.2) is 4.90 Å². The van der Waals surface area contributed by atoms with E-state index < -0.39 is 23.0 Å². The minimum absolute atomic E-state index is 0.306. The number of nitrogens with zero attached hydrogens (tertiary/aromatic N) is 1. The van der Waals surface area contributed by atoms with E-state index in [0.29, 0.717) is 10.7 Å². The molecule has 1 aromatic rings. The van der Waals surface area contributed by atoms with Gasteiger partial charge in [-0.05, 0) is 25.1 Å². The van der Waals surface area contributed by atoms with Gasteiger partial charge in [-0.1, -0.05) is 29.8 Å². The Balaban J connectivity index is 1.82. The topological polar surface area (TPSA) is 66.8 Å². The lowest BCUT2D eigenvalue weighted by molar-refractivity contribution is -0.131. The quantitative estimate of drug-likeness (QED) is 0.663. The molecule has 0 saturated carbocycles. The molecule has 0 unspecified atom stereocenters. The predicted octanol–water partition coefficient (Wildman–Crippen LogP) is 1.54. The SMILES string of the molecule is C[C@@]12C=C[C@@](CO)(O1)[C@@H]1C(=O)N(c3cccc(Cl)c3)C(=O)[C@@H]12. The van der Waals surface area contributed by atoms with Crippen LogP contribution in [0.5, 0.6) is 0 Å². The van der Waals surface area contributed by atoms with Crippen molar-refractivity contribution in [1.82, 2.24) is 0 Å². The van der Waals surface area contributed by atoms with Crippen LogP contribution in [0.15, 0.2) is 36.4 Å². The number of anilines is 1. The van der Waals surface area contributed by atoms with Crippen LogP contribution in [0.2, 0.25) is 5.02 Å². The van der Waals surface area contributed by atoms with E-state index in [0.717, 1.165) is 0 Å². The fourth-order valence-corrected chi connectivity index (χ4v) is 4.10. The Morgan fingerprint density at radius 2 is 2.00 bits per heavy atom. The van der Waals surface area contributed by atoms with E-state index >= 15 is 0 Å². The third kappa shape index (κ3) is 1.51. The highest BCUT2D eigenvalue weighted by Gasteiger charge is 2.72. The first kappa shape index (κ1) is 13.9. The molecule has 0 aromatic heterocycles. The summed E-state index contributed by atoms with van der Waals surface area (Å²) in [5, 5.41) is 10.2. The van der Waals surface area contributed by atoms with Gasteiger partial charge in [0.15, 0.2) is 0 Å². The van der Waals surface area contributed by atoms with Gasteiger partial charge in [-0.15, -0.1) is 0 Å². The van der Waals surface area contributed by atoms with E-state index in [9.17, 15) is 14.7 Å². The molecule has 0 aliphatic carbocycles. The van der Waals surface area contributed by atoms with E-state index in [4.69, 9.17) is 16.3 Å². The van der Waals surface area contributed by atoms with Gasteiger partial charge in [0.2, 0.25) is 11.8 Å². The van der Waals surface area contributed by atoms with Crippen LogP contribution in [0.1, 0.15) is 6.92 Å². The second-order valence-electron chi connectivity index (χ2n) is 6.18. The van der Waals surface area contributed by atoms with Gasteiger partial charge < -0.3 is 9.84 Å². The van der Waals surface area contributed by atoms with Crippen molar-refractivity contribution >= 4 is 29.1 Å². The highest BCUT2D eigenvalue weighted by Crippen LogP contribution is 2.57. The average molecular weight is 320 g/mol. The maximum absolute atomic E-state index is 12.8. The molecular formula is C16H14ClNO4. The fraction of sp³-hybridized carbons (Fsp3) is 0.375. The number of hydrogen-bond acceptors (Lipinski definition) is 4. The van der Waals surface area contributed by atoms with Gasteiger partial charge in [-0.2, -0.15) is 0 Å². The second-order valence-corrected chi connectivity index (χ2v) is 6.62. The first-order valence-electron chi connectivity index (χ1n) is 7.07. The zero-order valence-corrected chi connectivity index (χ0v) is 12.6. The molecule has 3 aliphatic heterocycles. The third-order valence-corrected chi connectivity index (χ3v) is 5.11. The van der Waals surface area contributed by atoms with Crippen molar-refractivity contribution < 1.29 is 19.4 Å². The molecule has 6 heteroatoms. The van der Waals surface area contributed by atoms with Crippen molar-refractivity contribution in [3.8, 4) is 0 Å². The van der Waals surface area contributed by atoms with Gasteiger partial charge in [0.1, 0.15) is 5.60 Å². The molecule has 2 fully saturated rings. The summed E-state index contributed by atoms with van der Waals surface area (Å²) < 4.78 is 5.86. The minimum Gasteiger partial charge on any atom is -0.393 e. The number of benzene rings is 1. The number of hydrogen-bond donors (Lipinski definition) is 1. The highest BCUT2D eigenvalue weighted by atomic mass is 35.5. The van der Waals surface area contributed by atoms with E-state index in [-0.39, 0.29) is 18.4 Å². The predicted molar refractivity (Wildman–Crippen MR) is 79.4 cm³/mol. The molecule has 2 saturated heterocycles. The van der Waals surface area contributed by atoms with E-state index in [1.807, 2.05) is 0 Å². The number of imide groups is 1. The first-order valence-corrected chi connectivity index (χ1v) is 7.44. The summed E-state index contributed by atoms with van der Waals surface area (Å²) in [6.45, 7) is 1.45. The van der Waals surface area contributed by atoms with Gasteiger partial charge in [-0.3, -0.25) is 9.59 Å². The molecule has 3 heterocycles. The molecule has 0 spiro atoms. The summed E-state index contributed by atoms with van der Waals surface area (Å²) in [4.78, 5) is 26.8.